The van der Waals surface area contributed by atoms with Gasteiger partial charge in [-0.3, -0.25) is 4.79 Å². The SMILES string of the molecule is O=c1[nH]c2c(cc1-c1noc(CCc3ccc(Cl)s3)n1)CNCC2. The van der Waals surface area contributed by atoms with Gasteiger partial charge in [0.25, 0.3) is 5.56 Å². The highest BCUT2D eigenvalue weighted by atomic mass is 35.5. The van der Waals surface area contributed by atoms with Crippen LogP contribution in [0.3, 0.4) is 0 Å². The molecule has 0 amide bonds. The predicted octanol–water partition coefficient (Wildman–Crippen LogP) is 2.57. The van der Waals surface area contributed by atoms with Crippen molar-refractivity contribution in [2.75, 3.05) is 6.54 Å². The molecule has 0 unspecified atom stereocenters. The van der Waals surface area contributed by atoms with Crippen molar-refractivity contribution in [1.82, 2.24) is 20.4 Å². The van der Waals surface area contributed by atoms with Crippen LogP contribution >= 0.6 is 22.9 Å². The molecule has 0 saturated carbocycles. The Labute approximate surface area is 146 Å². The fourth-order valence-corrected chi connectivity index (χ4v) is 3.86. The normalized spacial score (nSPS) is 13.9. The van der Waals surface area contributed by atoms with Crippen molar-refractivity contribution in [3.05, 3.63) is 54.9 Å². The average Bonchev–Trinajstić information content (AvgIpc) is 3.21. The van der Waals surface area contributed by atoms with Crippen molar-refractivity contribution in [3.8, 4) is 11.4 Å². The van der Waals surface area contributed by atoms with Gasteiger partial charge in [0.2, 0.25) is 11.7 Å². The maximum Gasteiger partial charge on any atom is 0.259 e. The molecular formula is C16H15ClN4O2S. The van der Waals surface area contributed by atoms with E-state index in [2.05, 4.69) is 20.4 Å². The Balaban J connectivity index is 1.55. The number of nitrogens with zero attached hydrogens (tertiary/aromatic N) is 2. The molecule has 0 bridgehead atoms. The number of halogens is 1. The fourth-order valence-electron chi connectivity index (χ4n) is 2.78. The second-order valence-corrected chi connectivity index (χ2v) is 7.46. The lowest BCUT2D eigenvalue weighted by atomic mass is 10.0. The standard InChI is InChI=1S/C16H15ClN4O2S/c17-13-3-1-10(24-13)2-4-14-20-15(21-23-14)11-7-9-8-18-6-5-12(9)19-16(11)22/h1,3,7,18H,2,4-6,8H2,(H,19,22). The van der Waals surface area contributed by atoms with Crippen LogP contribution in [-0.4, -0.2) is 21.7 Å². The molecule has 0 fully saturated rings. The Kier molecular flexibility index (Phi) is 4.22. The van der Waals surface area contributed by atoms with Crippen LogP contribution in [0, 0.1) is 0 Å². The van der Waals surface area contributed by atoms with E-state index in [1.165, 1.54) is 0 Å². The van der Waals surface area contributed by atoms with Crippen LogP contribution in [-0.2, 0) is 25.8 Å². The zero-order valence-corrected chi connectivity index (χ0v) is 14.3. The molecule has 24 heavy (non-hydrogen) atoms. The minimum atomic E-state index is -0.173. The number of fused-ring (bicyclic) bond motifs is 1. The summed E-state index contributed by atoms with van der Waals surface area (Å²) in [4.78, 5) is 20.7. The second kappa shape index (κ2) is 6.51. The summed E-state index contributed by atoms with van der Waals surface area (Å²) in [5.41, 5.74) is 2.34. The maximum absolute atomic E-state index is 12.3. The molecule has 6 nitrogen and oxygen atoms in total. The van der Waals surface area contributed by atoms with Crippen LogP contribution in [0.5, 0.6) is 0 Å². The first-order valence-electron chi connectivity index (χ1n) is 7.72. The number of thiophene rings is 1. The molecule has 0 atom stereocenters. The van der Waals surface area contributed by atoms with Crippen LogP contribution in [0.4, 0.5) is 0 Å². The molecule has 4 heterocycles. The van der Waals surface area contributed by atoms with Gasteiger partial charge in [0, 0.05) is 36.5 Å². The minimum absolute atomic E-state index is 0.173. The Morgan fingerprint density at radius 2 is 2.25 bits per heavy atom. The first-order chi connectivity index (χ1) is 11.7. The van der Waals surface area contributed by atoms with Crippen LogP contribution in [0.25, 0.3) is 11.4 Å². The summed E-state index contributed by atoms with van der Waals surface area (Å²) in [5, 5.41) is 7.25. The summed E-state index contributed by atoms with van der Waals surface area (Å²) in [6.07, 6.45) is 2.23. The van der Waals surface area contributed by atoms with Gasteiger partial charge < -0.3 is 14.8 Å². The maximum atomic E-state index is 12.3. The van der Waals surface area contributed by atoms with Crippen LogP contribution < -0.4 is 10.9 Å². The van der Waals surface area contributed by atoms with E-state index in [9.17, 15) is 4.79 Å². The van der Waals surface area contributed by atoms with Gasteiger partial charge in [-0.1, -0.05) is 16.8 Å². The number of nitrogens with one attached hydrogen (secondary N) is 2. The largest absolute Gasteiger partial charge is 0.339 e. The third-order valence-electron chi connectivity index (χ3n) is 4.01. The molecular weight excluding hydrogens is 348 g/mol. The van der Waals surface area contributed by atoms with Gasteiger partial charge >= 0.3 is 0 Å². The third kappa shape index (κ3) is 3.15. The Morgan fingerprint density at radius 3 is 3.08 bits per heavy atom. The molecule has 0 spiro atoms. The zero-order valence-electron chi connectivity index (χ0n) is 12.8. The fraction of sp³-hybridized carbons (Fsp3) is 0.312. The van der Waals surface area contributed by atoms with Gasteiger partial charge in [0.05, 0.1) is 9.90 Å². The summed E-state index contributed by atoms with van der Waals surface area (Å²) in [6, 6.07) is 5.72. The lowest BCUT2D eigenvalue weighted by Gasteiger charge is -2.16. The summed E-state index contributed by atoms with van der Waals surface area (Å²) >= 11 is 7.47. The number of aromatic nitrogens is 3. The summed E-state index contributed by atoms with van der Waals surface area (Å²) in [6.45, 7) is 1.62. The summed E-state index contributed by atoms with van der Waals surface area (Å²) in [7, 11) is 0. The molecule has 4 rings (SSSR count). The number of aryl methyl sites for hydroxylation is 2. The number of aromatic amines is 1. The zero-order chi connectivity index (χ0) is 16.5. The first-order valence-corrected chi connectivity index (χ1v) is 8.91. The van der Waals surface area contributed by atoms with Crippen molar-refractivity contribution in [2.24, 2.45) is 0 Å². The minimum Gasteiger partial charge on any atom is -0.339 e. The lowest BCUT2D eigenvalue weighted by Crippen LogP contribution is -2.27. The number of pyridine rings is 1. The highest BCUT2D eigenvalue weighted by molar-refractivity contribution is 7.16. The van der Waals surface area contributed by atoms with Crippen molar-refractivity contribution in [1.29, 1.82) is 0 Å². The van der Waals surface area contributed by atoms with Crippen LogP contribution in [0.2, 0.25) is 4.34 Å². The Hall–Kier alpha value is -1.96. The Bertz CT molecular complexity index is 930. The molecule has 3 aromatic heterocycles. The van der Waals surface area contributed by atoms with Gasteiger partial charge in [-0.25, -0.2) is 0 Å². The molecule has 3 aromatic rings. The summed E-state index contributed by atoms with van der Waals surface area (Å²) < 4.78 is 6.06. The van der Waals surface area contributed by atoms with E-state index in [-0.39, 0.29) is 5.56 Å². The van der Waals surface area contributed by atoms with E-state index in [1.54, 1.807) is 11.3 Å². The van der Waals surface area contributed by atoms with Crippen molar-refractivity contribution >= 4 is 22.9 Å². The molecule has 1 aliphatic heterocycles. The smallest absolute Gasteiger partial charge is 0.259 e. The molecule has 8 heteroatoms. The average molecular weight is 363 g/mol. The first kappa shape index (κ1) is 15.6. The van der Waals surface area contributed by atoms with Crippen molar-refractivity contribution in [3.63, 3.8) is 0 Å². The quantitative estimate of drug-likeness (QED) is 0.745. The van der Waals surface area contributed by atoms with E-state index < -0.39 is 0 Å². The van der Waals surface area contributed by atoms with E-state index in [4.69, 9.17) is 16.1 Å². The molecule has 0 saturated heterocycles. The second-order valence-electron chi connectivity index (χ2n) is 5.66. The van der Waals surface area contributed by atoms with E-state index in [0.717, 1.165) is 46.4 Å². The Morgan fingerprint density at radius 1 is 1.33 bits per heavy atom. The van der Waals surface area contributed by atoms with Crippen LogP contribution in [0.15, 0.2) is 27.5 Å². The van der Waals surface area contributed by atoms with Gasteiger partial charge in [0.15, 0.2) is 0 Å². The predicted molar refractivity (Wildman–Crippen MR) is 92.5 cm³/mol. The van der Waals surface area contributed by atoms with Crippen molar-refractivity contribution < 1.29 is 4.52 Å². The molecule has 0 aliphatic carbocycles. The van der Waals surface area contributed by atoms with Gasteiger partial charge in [-0.2, -0.15) is 4.98 Å². The number of rotatable bonds is 4. The molecule has 2 N–H and O–H groups in total. The summed E-state index contributed by atoms with van der Waals surface area (Å²) in [5.74, 6) is 0.855. The van der Waals surface area contributed by atoms with Crippen LogP contribution in [0.1, 0.15) is 22.0 Å². The van der Waals surface area contributed by atoms with Gasteiger partial charge in [-0.05, 0) is 30.2 Å². The number of H-pyrrole nitrogens is 1. The highest BCUT2D eigenvalue weighted by Crippen LogP contribution is 2.23. The molecule has 0 aromatic carbocycles. The van der Waals surface area contributed by atoms with E-state index in [0.29, 0.717) is 23.7 Å². The third-order valence-corrected chi connectivity index (χ3v) is 5.30. The van der Waals surface area contributed by atoms with Gasteiger partial charge in [0.1, 0.15) is 0 Å². The number of hydrogen-bond donors (Lipinski definition) is 2. The van der Waals surface area contributed by atoms with Gasteiger partial charge in [-0.15, -0.1) is 11.3 Å². The van der Waals surface area contributed by atoms with E-state index >= 15 is 0 Å². The molecule has 0 radical (unpaired) electrons. The monoisotopic (exact) mass is 362 g/mol. The topological polar surface area (TPSA) is 83.8 Å². The van der Waals surface area contributed by atoms with Crippen molar-refractivity contribution in [2.45, 2.75) is 25.8 Å². The highest BCUT2D eigenvalue weighted by Gasteiger charge is 2.17. The number of hydrogen-bond acceptors (Lipinski definition) is 6. The lowest BCUT2D eigenvalue weighted by molar-refractivity contribution is 0.379. The molecule has 1 aliphatic rings. The van der Waals surface area contributed by atoms with E-state index in [1.807, 2.05) is 18.2 Å². The molecule has 124 valence electrons.